The Labute approximate surface area is 176 Å². The second-order valence-corrected chi connectivity index (χ2v) is 7.88. The molecule has 10 heteroatoms. The van der Waals surface area contributed by atoms with Gasteiger partial charge >= 0.3 is 6.03 Å². The van der Waals surface area contributed by atoms with Crippen LogP contribution in [0.2, 0.25) is 0 Å². The number of carbonyl (C=O) groups excluding carboxylic acids is 2. The van der Waals surface area contributed by atoms with E-state index in [1.807, 2.05) is 50.2 Å². The van der Waals surface area contributed by atoms with E-state index in [4.69, 9.17) is 4.74 Å². The highest BCUT2D eigenvalue weighted by atomic mass is 16.5. The minimum atomic E-state index is -0.860. The molecule has 1 aromatic carbocycles. The standard InChI is InChI=1S/C20H30N6O4/c1-13-6-5-7-15(10-13)30-12-14(27)11-26-16-17(25(4)20(29)23-18(16)28)22-19(26)21-8-9-24(2)3/h5-7,10,14,16-17,27H,8-9,11-12H2,1-4H3,(H,21,22)(H,23,28,29). The third-order valence-corrected chi connectivity index (χ3v) is 5.07. The normalized spacial score (nSPS) is 23.5. The summed E-state index contributed by atoms with van der Waals surface area (Å²) in [6.45, 7) is 3.42. The molecule has 0 bridgehead atoms. The average Bonchev–Trinajstić information content (AvgIpc) is 3.03. The summed E-state index contributed by atoms with van der Waals surface area (Å²) in [6, 6.07) is 6.43. The zero-order valence-electron chi connectivity index (χ0n) is 17.8. The van der Waals surface area contributed by atoms with Gasteiger partial charge in [-0.1, -0.05) is 12.1 Å². The molecule has 30 heavy (non-hydrogen) atoms. The van der Waals surface area contributed by atoms with Crippen molar-refractivity contribution in [3.63, 3.8) is 0 Å². The summed E-state index contributed by atoms with van der Waals surface area (Å²) in [5.74, 6) is 0.741. The lowest BCUT2D eigenvalue weighted by Crippen LogP contribution is -2.65. The SMILES string of the molecule is Cc1cccc(OCC(O)CN2C(=NCCN(C)C)NC3C2C(=O)NC(=O)N3C)c1. The van der Waals surface area contributed by atoms with Gasteiger partial charge in [-0.15, -0.1) is 0 Å². The average molecular weight is 418 g/mol. The van der Waals surface area contributed by atoms with Gasteiger partial charge in [0, 0.05) is 13.6 Å². The highest BCUT2D eigenvalue weighted by Crippen LogP contribution is 2.21. The fourth-order valence-corrected chi connectivity index (χ4v) is 3.45. The summed E-state index contributed by atoms with van der Waals surface area (Å²) in [5.41, 5.74) is 1.07. The number of likely N-dealkylation sites (N-methyl/N-ethyl adjacent to an activating group) is 2. The first kappa shape index (κ1) is 21.8. The van der Waals surface area contributed by atoms with E-state index < -0.39 is 30.2 Å². The fourth-order valence-electron chi connectivity index (χ4n) is 3.45. The number of ether oxygens (including phenoxy) is 1. The van der Waals surface area contributed by atoms with Crippen LogP contribution >= 0.6 is 0 Å². The number of amides is 3. The molecule has 2 fully saturated rings. The van der Waals surface area contributed by atoms with E-state index in [0.717, 1.165) is 12.1 Å². The summed E-state index contributed by atoms with van der Waals surface area (Å²) in [7, 11) is 5.52. The molecule has 3 rings (SSSR count). The Balaban J connectivity index is 1.71. The van der Waals surface area contributed by atoms with E-state index in [-0.39, 0.29) is 13.2 Å². The quantitative estimate of drug-likeness (QED) is 0.519. The van der Waals surface area contributed by atoms with Gasteiger partial charge in [0.25, 0.3) is 5.91 Å². The Morgan fingerprint density at radius 3 is 2.80 bits per heavy atom. The van der Waals surface area contributed by atoms with Crippen LogP contribution in [0, 0.1) is 6.92 Å². The van der Waals surface area contributed by atoms with Crippen molar-refractivity contribution in [1.82, 2.24) is 25.3 Å². The van der Waals surface area contributed by atoms with Crippen molar-refractivity contribution in [2.45, 2.75) is 25.2 Å². The summed E-state index contributed by atoms with van der Waals surface area (Å²) in [6.07, 6.45) is -1.41. The van der Waals surface area contributed by atoms with E-state index in [1.165, 1.54) is 4.90 Å². The number of carbonyl (C=O) groups is 2. The lowest BCUT2D eigenvalue weighted by Gasteiger charge is -2.35. The number of benzene rings is 1. The molecule has 1 aromatic rings. The molecule has 164 valence electrons. The molecule has 2 heterocycles. The Morgan fingerprint density at radius 2 is 2.10 bits per heavy atom. The van der Waals surface area contributed by atoms with Crippen LogP contribution in [0.15, 0.2) is 29.3 Å². The zero-order valence-corrected chi connectivity index (χ0v) is 17.8. The van der Waals surface area contributed by atoms with Crippen molar-refractivity contribution in [3.05, 3.63) is 29.8 Å². The number of hydrogen-bond acceptors (Lipinski definition) is 6. The summed E-state index contributed by atoms with van der Waals surface area (Å²) in [4.78, 5) is 34.3. The fraction of sp³-hybridized carbons (Fsp3) is 0.550. The van der Waals surface area contributed by atoms with Crippen LogP contribution in [0.25, 0.3) is 0 Å². The second-order valence-electron chi connectivity index (χ2n) is 7.88. The molecule has 0 radical (unpaired) electrons. The van der Waals surface area contributed by atoms with Crippen LogP contribution in [-0.4, -0.2) is 103 Å². The van der Waals surface area contributed by atoms with Gasteiger partial charge in [-0.3, -0.25) is 15.1 Å². The van der Waals surface area contributed by atoms with E-state index in [2.05, 4.69) is 15.6 Å². The maximum atomic E-state index is 12.6. The molecule has 0 spiro atoms. The van der Waals surface area contributed by atoms with E-state index in [9.17, 15) is 14.7 Å². The minimum absolute atomic E-state index is 0.0682. The first-order chi connectivity index (χ1) is 14.3. The predicted octanol–water partition coefficient (Wildman–Crippen LogP) is -0.566. The van der Waals surface area contributed by atoms with Crippen molar-refractivity contribution >= 4 is 17.9 Å². The first-order valence-electron chi connectivity index (χ1n) is 9.94. The number of aliphatic hydroxyl groups is 1. The van der Waals surface area contributed by atoms with Gasteiger partial charge < -0.3 is 29.9 Å². The Hall–Kier alpha value is -2.85. The molecule has 2 aliphatic heterocycles. The number of nitrogens with one attached hydrogen (secondary N) is 2. The van der Waals surface area contributed by atoms with Crippen LogP contribution in [0.3, 0.4) is 0 Å². The third kappa shape index (κ3) is 5.00. The van der Waals surface area contributed by atoms with Gasteiger partial charge in [-0.2, -0.15) is 0 Å². The molecular formula is C20H30N6O4. The van der Waals surface area contributed by atoms with E-state index in [0.29, 0.717) is 18.3 Å². The second kappa shape index (κ2) is 9.31. The van der Waals surface area contributed by atoms with Crippen molar-refractivity contribution in [3.8, 4) is 5.75 Å². The Kier molecular flexibility index (Phi) is 6.78. The zero-order chi connectivity index (χ0) is 21.8. The number of nitrogens with zero attached hydrogens (tertiary/aromatic N) is 4. The summed E-state index contributed by atoms with van der Waals surface area (Å²) in [5, 5.41) is 16.1. The largest absolute Gasteiger partial charge is 0.491 e. The van der Waals surface area contributed by atoms with Crippen LogP contribution in [0.5, 0.6) is 5.75 Å². The minimum Gasteiger partial charge on any atom is -0.491 e. The molecule has 3 N–H and O–H groups in total. The highest BCUT2D eigenvalue weighted by molar-refractivity contribution is 6.04. The molecule has 3 atom stereocenters. The maximum absolute atomic E-state index is 12.6. The molecule has 2 saturated heterocycles. The number of rotatable bonds is 8. The summed E-state index contributed by atoms with van der Waals surface area (Å²) < 4.78 is 5.70. The highest BCUT2D eigenvalue weighted by Gasteiger charge is 2.50. The summed E-state index contributed by atoms with van der Waals surface area (Å²) >= 11 is 0. The van der Waals surface area contributed by atoms with Crippen LogP contribution in [0.1, 0.15) is 5.56 Å². The van der Waals surface area contributed by atoms with Crippen molar-refractivity contribution < 1.29 is 19.4 Å². The lowest BCUT2D eigenvalue weighted by molar-refractivity contribution is -0.127. The van der Waals surface area contributed by atoms with Crippen LogP contribution in [0.4, 0.5) is 4.79 Å². The van der Waals surface area contributed by atoms with E-state index >= 15 is 0 Å². The van der Waals surface area contributed by atoms with Gasteiger partial charge in [0.1, 0.15) is 24.6 Å². The number of aliphatic hydroxyl groups excluding tert-OH is 1. The number of fused-ring (bicyclic) bond motifs is 1. The number of aryl methyl sites for hydroxylation is 1. The molecule has 0 aromatic heterocycles. The number of hydrogen-bond donors (Lipinski definition) is 3. The van der Waals surface area contributed by atoms with Crippen molar-refractivity contribution in [1.29, 1.82) is 0 Å². The number of urea groups is 1. The van der Waals surface area contributed by atoms with Crippen molar-refractivity contribution in [2.24, 2.45) is 4.99 Å². The lowest BCUT2D eigenvalue weighted by atomic mass is 10.1. The predicted molar refractivity (Wildman–Crippen MR) is 112 cm³/mol. The Bertz CT molecular complexity index is 814. The number of imide groups is 1. The Morgan fingerprint density at radius 1 is 1.33 bits per heavy atom. The molecule has 3 amide bonds. The van der Waals surface area contributed by atoms with Gasteiger partial charge in [-0.25, -0.2) is 4.79 Å². The molecule has 0 saturated carbocycles. The van der Waals surface area contributed by atoms with Crippen molar-refractivity contribution in [2.75, 3.05) is 47.4 Å². The van der Waals surface area contributed by atoms with Crippen LogP contribution < -0.4 is 15.4 Å². The monoisotopic (exact) mass is 418 g/mol. The molecule has 0 aliphatic carbocycles. The smallest absolute Gasteiger partial charge is 0.325 e. The topological polar surface area (TPSA) is 110 Å². The molecule has 10 nitrogen and oxygen atoms in total. The molecule has 3 unspecified atom stereocenters. The molecular weight excluding hydrogens is 388 g/mol. The van der Waals surface area contributed by atoms with Gasteiger partial charge in [0.2, 0.25) is 0 Å². The van der Waals surface area contributed by atoms with E-state index in [1.54, 1.807) is 11.9 Å². The third-order valence-electron chi connectivity index (χ3n) is 5.07. The van der Waals surface area contributed by atoms with Crippen LogP contribution in [-0.2, 0) is 4.79 Å². The van der Waals surface area contributed by atoms with Gasteiger partial charge in [0.15, 0.2) is 12.0 Å². The van der Waals surface area contributed by atoms with Gasteiger partial charge in [0.05, 0.1) is 13.1 Å². The number of β-amino-alcohol motifs (C(OH)–C–C–N with tert-alkyl or cyclic N) is 1. The number of aliphatic imine (C=N–C) groups is 1. The first-order valence-corrected chi connectivity index (χ1v) is 9.94. The maximum Gasteiger partial charge on any atom is 0.325 e. The van der Waals surface area contributed by atoms with Gasteiger partial charge in [-0.05, 0) is 38.7 Å². The number of guanidine groups is 1. The molecule has 2 aliphatic rings.